The molecule has 2 unspecified atom stereocenters. The van der Waals surface area contributed by atoms with Crippen molar-refractivity contribution in [3.05, 3.63) is 43.0 Å². The number of H-pyrrole nitrogens is 1. The number of aliphatic hydroxyl groups is 1. The van der Waals surface area contributed by atoms with Crippen LogP contribution >= 0.6 is 23.5 Å². The second-order valence-electron chi connectivity index (χ2n) is 6.89. The van der Waals surface area contributed by atoms with Crippen molar-refractivity contribution in [2.75, 3.05) is 13.2 Å². The summed E-state index contributed by atoms with van der Waals surface area (Å²) in [4.78, 5) is 64.5. The van der Waals surface area contributed by atoms with E-state index in [0.717, 1.165) is 10.8 Å². The Morgan fingerprint density at radius 2 is 1.92 bits per heavy atom. The molecule has 1 aromatic rings. The van der Waals surface area contributed by atoms with E-state index < -0.39 is 59.8 Å². The second kappa shape index (κ2) is 12.4. The SMILES string of the molecule is [N-]=[N+]=NCCCC#Cc1cn([C@H]2C[C@H](O)[C@@H](COP(=O)(O)OP(=O)(O)OP(=O)(O)O)O2)c(=O)[nH]c1=O. The fourth-order valence-electron chi connectivity index (χ4n) is 2.74. The minimum absolute atomic E-state index is 0.117. The summed E-state index contributed by atoms with van der Waals surface area (Å²) in [5.41, 5.74) is 6.39. The van der Waals surface area contributed by atoms with Crippen molar-refractivity contribution in [3.8, 4) is 11.8 Å². The number of ether oxygens (including phenoxy) is 1. The predicted octanol–water partition coefficient (Wildman–Crippen LogP) is -0.0297. The Balaban J connectivity index is 2.07. The van der Waals surface area contributed by atoms with Gasteiger partial charge in [0.25, 0.3) is 5.56 Å². The van der Waals surface area contributed by atoms with E-state index >= 15 is 0 Å². The number of unbranched alkanes of at least 4 members (excludes halogenated alkanes) is 1. The third-order valence-corrected chi connectivity index (χ3v) is 7.95. The van der Waals surface area contributed by atoms with E-state index in [9.17, 15) is 33.3 Å². The van der Waals surface area contributed by atoms with Crippen molar-refractivity contribution in [2.45, 2.75) is 37.7 Å². The van der Waals surface area contributed by atoms with Crippen LogP contribution in [0.2, 0.25) is 0 Å². The van der Waals surface area contributed by atoms with E-state index in [2.05, 4.69) is 35.0 Å². The van der Waals surface area contributed by atoms with Crippen LogP contribution in [-0.2, 0) is 31.6 Å². The standard InChI is InChI=1S/C14H20N5O14P3/c15-18-16-5-3-1-2-4-9-7-19(14(22)17-13(9)21)12-6-10(20)11(31-12)8-30-35(26,27)33-36(28,29)32-34(23,24)25/h7,10-12,20H,1,3,5-6,8H2,(H,26,27)(H,28,29)(H,17,21,22)(H2,23,24,25)/t10-,11+,12+/m0/s1. The zero-order valence-electron chi connectivity index (χ0n) is 17.9. The number of aliphatic hydroxyl groups excluding tert-OH is 1. The van der Waals surface area contributed by atoms with Gasteiger partial charge in [-0.2, -0.15) is 8.62 Å². The summed E-state index contributed by atoms with van der Waals surface area (Å²) < 4.78 is 51.7. The monoisotopic (exact) mass is 575 g/mol. The largest absolute Gasteiger partial charge is 0.490 e. The molecule has 5 atom stereocenters. The Labute approximate surface area is 200 Å². The molecule has 0 aliphatic carbocycles. The number of nitrogens with zero attached hydrogens (tertiary/aromatic N) is 4. The number of phosphoric acid groups is 3. The molecule has 22 heteroatoms. The Morgan fingerprint density at radius 1 is 1.22 bits per heavy atom. The highest BCUT2D eigenvalue weighted by Crippen LogP contribution is 2.66. The van der Waals surface area contributed by atoms with Gasteiger partial charge in [0.2, 0.25) is 0 Å². The van der Waals surface area contributed by atoms with Crippen LogP contribution in [0.3, 0.4) is 0 Å². The molecule has 2 heterocycles. The molecule has 0 spiro atoms. The summed E-state index contributed by atoms with van der Waals surface area (Å²) in [7, 11) is -16.7. The summed E-state index contributed by atoms with van der Waals surface area (Å²) in [6.45, 7) is -0.728. The molecule has 0 aromatic carbocycles. The maximum atomic E-state index is 12.2. The Morgan fingerprint density at radius 3 is 2.56 bits per heavy atom. The molecule has 1 saturated heterocycles. The first-order valence-corrected chi connectivity index (χ1v) is 14.1. The van der Waals surface area contributed by atoms with Crippen molar-refractivity contribution in [1.82, 2.24) is 9.55 Å². The predicted molar refractivity (Wildman–Crippen MR) is 116 cm³/mol. The van der Waals surface area contributed by atoms with Gasteiger partial charge >= 0.3 is 29.2 Å². The maximum absolute atomic E-state index is 12.2. The van der Waals surface area contributed by atoms with Crippen molar-refractivity contribution in [2.24, 2.45) is 5.11 Å². The van der Waals surface area contributed by atoms with Crippen LogP contribution in [0.1, 0.15) is 31.1 Å². The third-order valence-electron chi connectivity index (χ3n) is 4.15. The van der Waals surface area contributed by atoms with Crippen molar-refractivity contribution >= 4 is 23.5 Å². The maximum Gasteiger partial charge on any atom is 0.490 e. The lowest BCUT2D eigenvalue weighted by molar-refractivity contribution is -0.0450. The van der Waals surface area contributed by atoms with Gasteiger partial charge < -0.3 is 29.4 Å². The highest BCUT2D eigenvalue weighted by atomic mass is 31.3. The summed E-state index contributed by atoms with van der Waals surface area (Å²) in [5, 5.41) is 13.5. The molecule has 0 amide bonds. The molecule has 0 radical (unpaired) electrons. The molecule has 200 valence electrons. The van der Waals surface area contributed by atoms with Gasteiger partial charge in [0.1, 0.15) is 17.9 Å². The molecule has 2 rings (SSSR count). The first kappa shape index (κ1) is 30.1. The average molecular weight is 575 g/mol. The number of aromatic amines is 1. The topological polar surface area (TPSA) is 293 Å². The normalized spacial score (nSPS) is 23.1. The summed E-state index contributed by atoms with van der Waals surface area (Å²) in [6.07, 6.45) is -2.42. The fourth-order valence-corrected chi connectivity index (χ4v) is 5.77. The smallest absolute Gasteiger partial charge is 0.390 e. The number of nitrogens with one attached hydrogen (secondary N) is 1. The van der Waals surface area contributed by atoms with Crippen LogP contribution in [0.15, 0.2) is 20.9 Å². The number of azide groups is 1. The van der Waals surface area contributed by atoms with E-state index in [1.165, 1.54) is 0 Å². The van der Waals surface area contributed by atoms with E-state index in [0.29, 0.717) is 12.8 Å². The first-order valence-electron chi connectivity index (χ1n) is 9.59. The second-order valence-corrected chi connectivity index (χ2v) is 11.3. The molecule has 1 aromatic heterocycles. The van der Waals surface area contributed by atoms with Gasteiger partial charge in [-0.05, 0) is 12.0 Å². The van der Waals surface area contributed by atoms with Crippen LogP contribution in [0.5, 0.6) is 0 Å². The minimum atomic E-state index is -5.72. The molecule has 6 N–H and O–H groups in total. The highest BCUT2D eigenvalue weighted by molar-refractivity contribution is 7.66. The number of phosphoric ester groups is 1. The molecule has 1 aliphatic heterocycles. The van der Waals surface area contributed by atoms with Crippen LogP contribution in [0, 0.1) is 11.8 Å². The Kier molecular flexibility index (Phi) is 10.4. The number of hydrogen-bond donors (Lipinski definition) is 6. The van der Waals surface area contributed by atoms with Gasteiger partial charge in [0.05, 0.1) is 12.7 Å². The lowest BCUT2D eigenvalue weighted by Crippen LogP contribution is -2.33. The van der Waals surface area contributed by atoms with E-state index in [4.69, 9.17) is 24.9 Å². The molecular weight excluding hydrogens is 555 g/mol. The van der Waals surface area contributed by atoms with E-state index in [-0.39, 0.29) is 18.5 Å². The van der Waals surface area contributed by atoms with Gasteiger partial charge in [0, 0.05) is 30.5 Å². The van der Waals surface area contributed by atoms with Crippen LogP contribution < -0.4 is 11.2 Å². The van der Waals surface area contributed by atoms with Gasteiger partial charge in [-0.15, -0.1) is 0 Å². The number of hydrogen-bond acceptors (Lipinski definition) is 11. The molecule has 0 bridgehead atoms. The van der Waals surface area contributed by atoms with E-state index in [1.807, 2.05) is 4.98 Å². The van der Waals surface area contributed by atoms with Gasteiger partial charge in [-0.1, -0.05) is 17.0 Å². The third kappa shape index (κ3) is 9.74. The lowest BCUT2D eigenvalue weighted by atomic mass is 10.2. The molecular formula is C14H20N5O14P3. The van der Waals surface area contributed by atoms with Crippen molar-refractivity contribution in [3.63, 3.8) is 0 Å². The van der Waals surface area contributed by atoms with Gasteiger partial charge in [0.15, 0.2) is 0 Å². The number of rotatable bonds is 11. The molecule has 19 nitrogen and oxygen atoms in total. The summed E-state index contributed by atoms with van der Waals surface area (Å²) in [6, 6.07) is 0. The summed E-state index contributed by atoms with van der Waals surface area (Å²) >= 11 is 0. The zero-order valence-corrected chi connectivity index (χ0v) is 20.6. The van der Waals surface area contributed by atoms with Crippen molar-refractivity contribution < 1.29 is 56.3 Å². The highest BCUT2D eigenvalue weighted by Gasteiger charge is 2.43. The Bertz CT molecular complexity index is 1320. The molecule has 0 saturated carbocycles. The average Bonchev–Trinajstić information content (AvgIpc) is 3.08. The lowest BCUT2D eigenvalue weighted by Gasteiger charge is -2.19. The van der Waals surface area contributed by atoms with E-state index in [1.54, 1.807) is 0 Å². The number of aromatic nitrogens is 2. The first-order chi connectivity index (χ1) is 16.6. The fraction of sp³-hybridized carbons (Fsp3) is 0.571. The van der Waals surface area contributed by atoms with Crippen LogP contribution in [0.25, 0.3) is 10.4 Å². The van der Waals surface area contributed by atoms with Crippen molar-refractivity contribution in [1.29, 1.82) is 0 Å². The Hall–Kier alpha value is -2.12. The molecule has 36 heavy (non-hydrogen) atoms. The van der Waals surface area contributed by atoms with Crippen LogP contribution in [0.4, 0.5) is 0 Å². The van der Waals surface area contributed by atoms with Gasteiger partial charge in [-0.25, -0.2) is 18.5 Å². The zero-order chi connectivity index (χ0) is 27.1. The van der Waals surface area contributed by atoms with Gasteiger partial charge in [-0.3, -0.25) is 18.9 Å². The quantitative estimate of drug-likeness (QED) is 0.0504. The molecule has 1 aliphatic rings. The minimum Gasteiger partial charge on any atom is -0.390 e. The van der Waals surface area contributed by atoms with Crippen LogP contribution in [-0.4, -0.2) is 59.6 Å². The molecule has 1 fully saturated rings. The summed E-state index contributed by atoms with van der Waals surface area (Å²) in [5.74, 6) is 5.22.